The van der Waals surface area contributed by atoms with E-state index in [1.807, 2.05) is 6.07 Å². The van der Waals surface area contributed by atoms with Gasteiger partial charge in [-0.05, 0) is 18.2 Å². The molecule has 0 aromatic heterocycles. The van der Waals surface area contributed by atoms with E-state index in [9.17, 15) is 4.79 Å². The Kier molecular flexibility index (Phi) is 2.06. The molecule has 1 saturated heterocycles. The lowest BCUT2D eigenvalue weighted by Gasteiger charge is -2.33. The molecule has 17 heavy (non-hydrogen) atoms. The van der Waals surface area contributed by atoms with E-state index in [1.165, 1.54) is 0 Å². The first kappa shape index (κ1) is 10.1. The molecule has 0 amide bonds. The predicted octanol–water partition coefficient (Wildman–Crippen LogP) is 1.14. The van der Waals surface area contributed by atoms with Crippen molar-refractivity contribution in [1.29, 1.82) is 5.26 Å². The first-order valence-electron chi connectivity index (χ1n) is 5.19. The fraction of sp³-hybridized carbons (Fsp3) is 0.333. The number of hydrogen-bond acceptors (Lipinski definition) is 5. The van der Waals surface area contributed by atoms with Gasteiger partial charge in [0.05, 0.1) is 19.3 Å². The summed E-state index contributed by atoms with van der Waals surface area (Å²) in [5.41, 5.74) is -0.563. The SMILES string of the molecule is N#CC1(C(=O)c2ccc3c(c2)OCO3)COC1. The van der Waals surface area contributed by atoms with Crippen molar-refractivity contribution in [3.8, 4) is 17.6 Å². The lowest BCUT2D eigenvalue weighted by molar-refractivity contribution is -0.0566. The second-order valence-electron chi connectivity index (χ2n) is 4.08. The molecule has 2 aliphatic heterocycles. The molecule has 1 fully saturated rings. The number of carbonyl (C=O) groups is 1. The van der Waals surface area contributed by atoms with Crippen LogP contribution >= 0.6 is 0 Å². The number of Topliss-reactive ketones (excluding diaryl/α,β-unsaturated/α-hetero) is 1. The van der Waals surface area contributed by atoms with Gasteiger partial charge in [0, 0.05) is 5.56 Å². The third-order valence-electron chi connectivity index (χ3n) is 2.98. The van der Waals surface area contributed by atoms with Crippen LogP contribution in [0, 0.1) is 16.7 Å². The van der Waals surface area contributed by atoms with Crippen molar-refractivity contribution in [2.45, 2.75) is 0 Å². The highest BCUT2D eigenvalue weighted by Gasteiger charge is 2.46. The van der Waals surface area contributed by atoms with E-state index in [1.54, 1.807) is 18.2 Å². The quantitative estimate of drug-likeness (QED) is 0.714. The van der Waals surface area contributed by atoms with Crippen LogP contribution in [0.15, 0.2) is 18.2 Å². The number of benzene rings is 1. The summed E-state index contributed by atoms with van der Waals surface area (Å²) in [6.07, 6.45) is 0. The Morgan fingerprint density at radius 1 is 1.29 bits per heavy atom. The van der Waals surface area contributed by atoms with Crippen LogP contribution in [0.25, 0.3) is 0 Å². The molecular formula is C12H9NO4. The van der Waals surface area contributed by atoms with Crippen molar-refractivity contribution in [2.75, 3.05) is 20.0 Å². The number of nitrogens with zero attached hydrogens (tertiary/aromatic N) is 1. The molecule has 1 aromatic carbocycles. The molecule has 1 aromatic rings. The minimum atomic E-state index is -1.02. The van der Waals surface area contributed by atoms with Crippen LogP contribution in [0.2, 0.25) is 0 Å². The van der Waals surface area contributed by atoms with Crippen LogP contribution in [0.4, 0.5) is 0 Å². The van der Waals surface area contributed by atoms with Crippen molar-refractivity contribution in [2.24, 2.45) is 5.41 Å². The summed E-state index contributed by atoms with van der Waals surface area (Å²) in [5.74, 6) is 0.950. The average molecular weight is 231 g/mol. The van der Waals surface area contributed by atoms with E-state index >= 15 is 0 Å². The molecule has 5 nitrogen and oxygen atoms in total. The van der Waals surface area contributed by atoms with Crippen molar-refractivity contribution in [3.05, 3.63) is 23.8 Å². The van der Waals surface area contributed by atoms with E-state index in [0.717, 1.165) is 0 Å². The Hall–Kier alpha value is -2.06. The fourth-order valence-electron chi connectivity index (χ4n) is 1.87. The molecule has 0 spiro atoms. The van der Waals surface area contributed by atoms with E-state index in [2.05, 4.69) is 0 Å². The normalized spacial score (nSPS) is 19.2. The standard InChI is InChI=1S/C12H9NO4/c13-4-12(5-15-6-12)11(14)8-1-2-9-10(3-8)17-7-16-9/h1-3H,5-7H2. The lowest BCUT2D eigenvalue weighted by Crippen LogP contribution is -2.47. The minimum absolute atomic E-state index is 0.163. The molecule has 0 atom stereocenters. The Morgan fingerprint density at radius 3 is 2.71 bits per heavy atom. The molecule has 86 valence electrons. The van der Waals surface area contributed by atoms with Crippen LogP contribution in [0.1, 0.15) is 10.4 Å². The number of nitriles is 1. The van der Waals surface area contributed by atoms with Crippen LogP contribution < -0.4 is 9.47 Å². The summed E-state index contributed by atoms with van der Waals surface area (Å²) >= 11 is 0. The zero-order chi connectivity index (χ0) is 11.9. The van der Waals surface area contributed by atoms with Gasteiger partial charge in [0.2, 0.25) is 6.79 Å². The third-order valence-corrected chi connectivity index (χ3v) is 2.98. The Labute approximate surface area is 97.5 Å². The Bertz CT molecular complexity index is 528. The zero-order valence-electron chi connectivity index (χ0n) is 8.93. The minimum Gasteiger partial charge on any atom is -0.454 e. The van der Waals surface area contributed by atoms with E-state index in [-0.39, 0.29) is 25.8 Å². The van der Waals surface area contributed by atoms with Gasteiger partial charge in [-0.1, -0.05) is 0 Å². The van der Waals surface area contributed by atoms with Gasteiger partial charge in [0.25, 0.3) is 0 Å². The molecule has 2 aliphatic rings. The monoisotopic (exact) mass is 231 g/mol. The van der Waals surface area contributed by atoms with Crippen molar-refractivity contribution < 1.29 is 19.0 Å². The van der Waals surface area contributed by atoms with E-state index in [4.69, 9.17) is 19.5 Å². The highest BCUT2D eigenvalue weighted by Crippen LogP contribution is 2.36. The fourth-order valence-corrected chi connectivity index (χ4v) is 1.87. The van der Waals surface area contributed by atoms with Crippen molar-refractivity contribution >= 4 is 5.78 Å². The number of carbonyl (C=O) groups excluding carboxylic acids is 1. The van der Waals surface area contributed by atoms with Gasteiger partial charge in [-0.3, -0.25) is 4.79 Å². The molecule has 0 bridgehead atoms. The van der Waals surface area contributed by atoms with Gasteiger partial charge in [-0.25, -0.2) is 0 Å². The summed E-state index contributed by atoms with van der Waals surface area (Å²) in [6, 6.07) is 6.97. The summed E-state index contributed by atoms with van der Waals surface area (Å²) in [5, 5.41) is 9.05. The smallest absolute Gasteiger partial charge is 0.231 e. The highest BCUT2D eigenvalue weighted by molar-refractivity contribution is 6.03. The number of ether oxygens (including phenoxy) is 3. The molecule has 3 rings (SSSR count). The van der Waals surface area contributed by atoms with Gasteiger partial charge in [0.15, 0.2) is 22.7 Å². The number of ketones is 1. The lowest BCUT2D eigenvalue weighted by atomic mass is 9.80. The number of hydrogen-bond donors (Lipinski definition) is 0. The molecular weight excluding hydrogens is 222 g/mol. The Balaban J connectivity index is 1.95. The average Bonchev–Trinajstić information content (AvgIpc) is 2.74. The maximum absolute atomic E-state index is 12.2. The van der Waals surface area contributed by atoms with Gasteiger partial charge < -0.3 is 14.2 Å². The second kappa shape index (κ2) is 3.47. The van der Waals surface area contributed by atoms with Crippen LogP contribution in [-0.4, -0.2) is 25.8 Å². The summed E-state index contributed by atoms with van der Waals surface area (Å²) < 4.78 is 15.3. The maximum Gasteiger partial charge on any atom is 0.231 e. The van der Waals surface area contributed by atoms with Crippen LogP contribution in [-0.2, 0) is 4.74 Å². The first-order valence-corrected chi connectivity index (χ1v) is 5.19. The molecule has 0 aliphatic carbocycles. The molecule has 0 saturated carbocycles. The van der Waals surface area contributed by atoms with Crippen molar-refractivity contribution in [1.82, 2.24) is 0 Å². The first-order chi connectivity index (χ1) is 8.25. The van der Waals surface area contributed by atoms with Gasteiger partial charge >= 0.3 is 0 Å². The third kappa shape index (κ3) is 1.38. The van der Waals surface area contributed by atoms with Crippen molar-refractivity contribution in [3.63, 3.8) is 0 Å². The molecule has 0 radical (unpaired) electrons. The highest BCUT2D eigenvalue weighted by atomic mass is 16.7. The van der Waals surface area contributed by atoms with Crippen LogP contribution in [0.3, 0.4) is 0 Å². The molecule has 2 heterocycles. The number of fused-ring (bicyclic) bond motifs is 1. The Morgan fingerprint density at radius 2 is 2.06 bits per heavy atom. The number of rotatable bonds is 2. The molecule has 0 unspecified atom stereocenters. The summed E-state index contributed by atoms with van der Waals surface area (Å²) in [7, 11) is 0. The maximum atomic E-state index is 12.2. The summed E-state index contributed by atoms with van der Waals surface area (Å²) in [4.78, 5) is 12.2. The predicted molar refractivity (Wildman–Crippen MR) is 55.8 cm³/mol. The second-order valence-corrected chi connectivity index (χ2v) is 4.08. The molecule has 5 heteroatoms. The van der Waals surface area contributed by atoms with Crippen LogP contribution in [0.5, 0.6) is 11.5 Å². The topological polar surface area (TPSA) is 68.6 Å². The zero-order valence-corrected chi connectivity index (χ0v) is 8.93. The summed E-state index contributed by atoms with van der Waals surface area (Å²) in [6.45, 7) is 0.493. The largest absolute Gasteiger partial charge is 0.454 e. The van der Waals surface area contributed by atoms with Gasteiger partial charge in [0.1, 0.15) is 0 Å². The molecule has 0 N–H and O–H groups in total. The van der Waals surface area contributed by atoms with Gasteiger partial charge in [-0.15, -0.1) is 0 Å². The van der Waals surface area contributed by atoms with Gasteiger partial charge in [-0.2, -0.15) is 5.26 Å². The van der Waals surface area contributed by atoms with E-state index < -0.39 is 5.41 Å². The van der Waals surface area contributed by atoms with E-state index in [0.29, 0.717) is 17.1 Å².